The molecule has 0 spiro atoms. The van der Waals surface area contributed by atoms with Gasteiger partial charge in [0.05, 0.1) is 5.02 Å². The van der Waals surface area contributed by atoms with Crippen LogP contribution in [0.4, 0.5) is 0 Å². The number of hydrogen-bond acceptors (Lipinski definition) is 1. The maximum Gasteiger partial charge on any atom is 0.0563 e. The summed E-state index contributed by atoms with van der Waals surface area (Å²) >= 11 is 6.02. The Morgan fingerprint density at radius 1 is 1.29 bits per heavy atom. The minimum Gasteiger partial charge on any atom is -0.261 e. The zero-order valence-electron chi connectivity index (χ0n) is 7.79. The Balaban J connectivity index is 2.50. The number of halogens is 1. The third kappa shape index (κ3) is 1.78. The largest absolute Gasteiger partial charge is 0.261 e. The van der Waals surface area contributed by atoms with Crippen LogP contribution in [0.25, 0.3) is 11.1 Å². The van der Waals surface area contributed by atoms with Crippen molar-refractivity contribution in [2.75, 3.05) is 0 Å². The molecule has 69 valence electrons. The zero-order chi connectivity index (χ0) is 9.97. The normalized spacial score (nSPS) is 10.1. The Morgan fingerprint density at radius 2 is 2.14 bits per heavy atom. The number of aromatic nitrogens is 1. The van der Waals surface area contributed by atoms with Gasteiger partial charge in [-0.3, -0.25) is 4.98 Å². The molecule has 0 amide bonds. The first-order chi connectivity index (χ1) is 6.77. The second-order valence-electron chi connectivity index (χ2n) is 3.09. The highest BCUT2D eigenvalue weighted by Gasteiger charge is 2.01. The molecule has 0 saturated carbocycles. The number of aryl methyl sites for hydroxylation is 1. The molecule has 1 nitrogen and oxygen atoms in total. The summed E-state index contributed by atoms with van der Waals surface area (Å²) in [5, 5.41) is 0.637. The molecule has 0 aliphatic carbocycles. The topological polar surface area (TPSA) is 12.9 Å². The molecule has 1 aromatic heterocycles. The monoisotopic (exact) mass is 202 g/mol. The number of benzene rings is 1. The maximum absolute atomic E-state index is 6.02. The van der Waals surface area contributed by atoms with E-state index in [2.05, 4.69) is 11.1 Å². The van der Waals surface area contributed by atoms with Gasteiger partial charge in [-0.2, -0.15) is 0 Å². The van der Waals surface area contributed by atoms with Crippen molar-refractivity contribution < 1.29 is 0 Å². The van der Waals surface area contributed by atoms with Crippen molar-refractivity contribution in [1.29, 1.82) is 0 Å². The van der Waals surface area contributed by atoms with E-state index in [1.807, 2.05) is 37.4 Å². The molecule has 0 atom stereocenters. The molecule has 0 fully saturated rings. The van der Waals surface area contributed by atoms with Crippen LogP contribution < -0.4 is 0 Å². The molecule has 1 aromatic carbocycles. The van der Waals surface area contributed by atoms with E-state index >= 15 is 0 Å². The van der Waals surface area contributed by atoms with Crippen molar-refractivity contribution in [2.45, 2.75) is 6.92 Å². The van der Waals surface area contributed by atoms with Crippen molar-refractivity contribution in [3.8, 4) is 11.1 Å². The standard InChI is InChI=1S/C12H9ClN/c1-9-6-7-10(8-14-9)11-4-2-3-5-12(11)13/h2-4,6-8H,1H3. The quantitative estimate of drug-likeness (QED) is 0.690. The summed E-state index contributed by atoms with van der Waals surface area (Å²) in [5.41, 5.74) is 3.00. The molecule has 0 unspecified atom stereocenters. The maximum atomic E-state index is 6.02. The Bertz CT molecular complexity index is 434. The molecule has 0 N–H and O–H groups in total. The predicted molar refractivity (Wildman–Crippen MR) is 58.3 cm³/mol. The lowest BCUT2D eigenvalue weighted by Crippen LogP contribution is -1.83. The van der Waals surface area contributed by atoms with E-state index in [1.54, 1.807) is 6.07 Å². The molecular weight excluding hydrogens is 194 g/mol. The van der Waals surface area contributed by atoms with E-state index < -0.39 is 0 Å². The van der Waals surface area contributed by atoms with Gasteiger partial charge in [-0.1, -0.05) is 35.9 Å². The third-order valence-electron chi connectivity index (χ3n) is 2.03. The second-order valence-corrected chi connectivity index (χ2v) is 3.46. The predicted octanol–water partition coefficient (Wildman–Crippen LogP) is 3.51. The van der Waals surface area contributed by atoms with Crippen LogP contribution in [0.15, 0.2) is 36.5 Å². The zero-order valence-corrected chi connectivity index (χ0v) is 8.55. The molecule has 2 heteroatoms. The SMILES string of the molecule is Cc1ccc(-c2ccc[c]c2Cl)cn1. The molecule has 0 bridgehead atoms. The van der Waals surface area contributed by atoms with Gasteiger partial charge in [0.1, 0.15) is 0 Å². The first kappa shape index (κ1) is 9.22. The van der Waals surface area contributed by atoms with Crippen molar-refractivity contribution in [3.05, 3.63) is 53.3 Å². The molecule has 14 heavy (non-hydrogen) atoms. The van der Waals surface area contributed by atoms with E-state index in [1.165, 1.54) is 0 Å². The van der Waals surface area contributed by atoms with Crippen LogP contribution in [-0.2, 0) is 0 Å². The van der Waals surface area contributed by atoms with E-state index in [0.29, 0.717) is 5.02 Å². The number of rotatable bonds is 1. The summed E-state index contributed by atoms with van der Waals surface area (Å²) in [4.78, 5) is 4.22. The summed E-state index contributed by atoms with van der Waals surface area (Å²) in [6.07, 6.45) is 1.82. The fraction of sp³-hybridized carbons (Fsp3) is 0.0833. The summed E-state index contributed by atoms with van der Waals surface area (Å²) in [6, 6.07) is 12.6. The lowest BCUT2D eigenvalue weighted by molar-refractivity contribution is 1.20. The smallest absolute Gasteiger partial charge is 0.0563 e. The van der Waals surface area contributed by atoms with E-state index in [0.717, 1.165) is 16.8 Å². The summed E-state index contributed by atoms with van der Waals surface area (Å²) < 4.78 is 0. The molecule has 2 rings (SSSR count). The molecule has 2 aromatic rings. The van der Waals surface area contributed by atoms with E-state index in [-0.39, 0.29) is 0 Å². The van der Waals surface area contributed by atoms with E-state index in [4.69, 9.17) is 11.6 Å². The highest BCUT2D eigenvalue weighted by Crippen LogP contribution is 2.26. The van der Waals surface area contributed by atoms with Crippen LogP contribution in [0.2, 0.25) is 5.02 Å². The van der Waals surface area contributed by atoms with Gasteiger partial charge in [-0.05, 0) is 13.0 Å². The average Bonchev–Trinajstić information content (AvgIpc) is 2.20. The average molecular weight is 203 g/mol. The highest BCUT2D eigenvalue weighted by molar-refractivity contribution is 6.33. The molecule has 1 radical (unpaired) electrons. The van der Waals surface area contributed by atoms with Crippen LogP contribution in [0.5, 0.6) is 0 Å². The Hall–Kier alpha value is -1.34. The Morgan fingerprint density at radius 3 is 2.79 bits per heavy atom. The minimum absolute atomic E-state index is 0.637. The second kappa shape index (κ2) is 3.81. The molecule has 0 saturated heterocycles. The first-order valence-corrected chi connectivity index (χ1v) is 4.74. The van der Waals surface area contributed by atoms with Gasteiger partial charge in [-0.25, -0.2) is 0 Å². The van der Waals surface area contributed by atoms with Gasteiger partial charge < -0.3 is 0 Å². The number of nitrogens with zero attached hydrogens (tertiary/aromatic N) is 1. The van der Waals surface area contributed by atoms with Gasteiger partial charge in [0.2, 0.25) is 0 Å². The third-order valence-corrected chi connectivity index (χ3v) is 2.34. The van der Waals surface area contributed by atoms with Gasteiger partial charge >= 0.3 is 0 Å². The number of hydrogen-bond donors (Lipinski definition) is 0. The van der Waals surface area contributed by atoms with Crippen LogP contribution in [0.1, 0.15) is 5.69 Å². The van der Waals surface area contributed by atoms with Gasteiger partial charge in [-0.15, -0.1) is 0 Å². The van der Waals surface area contributed by atoms with Crippen molar-refractivity contribution >= 4 is 11.6 Å². The summed E-state index contributed by atoms with van der Waals surface area (Å²) in [6.45, 7) is 1.96. The van der Waals surface area contributed by atoms with Crippen molar-refractivity contribution in [2.24, 2.45) is 0 Å². The number of pyridine rings is 1. The molecule has 0 aliphatic heterocycles. The van der Waals surface area contributed by atoms with Gasteiger partial charge in [0.25, 0.3) is 0 Å². The summed E-state index contributed by atoms with van der Waals surface area (Å²) in [5.74, 6) is 0. The molecule has 1 heterocycles. The highest BCUT2D eigenvalue weighted by atomic mass is 35.5. The Kier molecular flexibility index (Phi) is 2.51. The lowest BCUT2D eigenvalue weighted by atomic mass is 10.1. The first-order valence-electron chi connectivity index (χ1n) is 4.36. The van der Waals surface area contributed by atoms with Crippen LogP contribution in [-0.4, -0.2) is 4.98 Å². The van der Waals surface area contributed by atoms with Gasteiger partial charge in [0.15, 0.2) is 0 Å². The lowest BCUT2D eigenvalue weighted by Gasteiger charge is -2.02. The van der Waals surface area contributed by atoms with Crippen molar-refractivity contribution in [1.82, 2.24) is 4.98 Å². The van der Waals surface area contributed by atoms with Crippen LogP contribution in [0.3, 0.4) is 0 Å². The van der Waals surface area contributed by atoms with Crippen LogP contribution in [0, 0.1) is 13.0 Å². The molecular formula is C12H9ClN. The van der Waals surface area contributed by atoms with Crippen LogP contribution >= 0.6 is 11.6 Å². The van der Waals surface area contributed by atoms with Crippen molar-refractivity contribution in [3.63, 3.8) is 0 Å². The fourth-order valence-electron chi connectivity index (χ4n) is 1.27. The minimum atomic E-state index is 0.637. The van der Waals surface area contributed by atoms with E-state index in [9.17, 15) is 0 Å². The summed E-state index contributed by atoms with van der Waals surface area (Å²) in [7, 11) is 0. The molecule has 0 aliphatic rings. The fourth-order valence-corrected chi connectivity index (χ4v) is 1.50. The Labute approximate surface area is 88.4 Å². The van der Waals surface area contributed by atoms with Gasteiger partial charge in [0, 0.05) is 29.1 Å².